The van der Waals surface area contributed by atoms with Gasteiger partial charge in [-0.1, -0.05) is 55.8 Å². The van der Waals surface area contributed by atoms with E-state index in [2.05, 4.69) is 48.7 Å². The molecule has 0 spiro atoms. The first-order valence-electron chi connectivity index (χ1n) is 5.33. The van der Waals surface area contributed by atoms with Crippen LogP contribution in [0.1, 0.15) is 25.3 Å². The summed E-state index contributed by atoms with van der Waals surface area (Å²) in [5.41, 5.74) is 1.34. The quantitative estimate of drug-likeness (QED) is 0.535. The average Bonchev–Trinajstić information content (AvgIpc) is 2.25. The molecule has 76 valence electrons. The minimum atomic E-state index is 0.956. The zero-order valence-corrected chi connectivity index (χ0v) is 8.87. The number of rotatable bonds is 6. The Kier molecular flexibility index (Phi) is 5.76. The average molecular weight is 189 g/mol. The molecule has 0 bridgehead atoms. The predicted molar refractivity (Wildman–Crippen MR) is 62.2 cm³/mol. The van der Waals surface area contributed by atoms with Gasteiger partial charge < -0.3 is 5.32 Å². The lowest BCUT2D eigenvalue weighted by Gasteiger charge is -2.00. The normalized spacial score (nSPS) is 10.9. The molecule has 1 aromatic carbocycles. The molecule has 1 heteroatoms. The Hall–Kier alpha value is -1.08. The number of allylic oxidation sites excluding steroid dienone is 1. The van der Waals surface area contributed by atoms with Crippen molar-refractivity contribution in [2.24, 2.45) is 0 Å². The van der Waals surface area contributed by atoms with Crippen LogP contribution in [0, 0.1) is 0 Å². The van der Waals surface area contributed by atoms with Crippen LogP contribution in [0.4, 0.5) is 0 Å². The van der Waals surface area contributed by atoms with Crippen LogP contribution in [0.25, 0.3) is 0 Å². The van der Waals surface area contributed by atoms with E-state index in [4.69, 9.17) is 0 Å². The Morgan fingerprint density at radius 3 is 2.64 bits per heavy atom. The van der Waals surface area contributed by atoms with Crippen LogP contribution in [-0.4, -0.2) is 6.54 Å². The molecule has 0 saturated heterocycles. The van der Waals surface area contributed by atoms with Gasteiger partial charge in [0.25, 0.3) is 0 Å². The maximum absolute atomic E-state index is 3.37. The zero-order valence-electron chi connectivity index (χ0n) is 8.87. The first-order chi connectivity index (χ1) is 6.93. The molecule has 0 fully saturated rings. The third-order valence-corrected chi connectivity index (χ3v) is 2.06. The van der Waals surface area contributed by atoms with Crippen molar-refractivity contribution < 1.29 is 0 Å². The molecule has 0 heterocycles. The summed E-state index contributed by atoms with van der Waals surface area (Å²) >= 11 is 0. The van der Waals surface area contributed by atoms with E-state index in [-0.39, 0.29) is 0 Å². The molecule has 0 aliphatic heterocycles. The fourth-order valence-electron chi connectivity index (χ4n) is 1.26. The number of hydrogen-bond donors (Lipinski definition) is 1. The van der Waals surface area contributed by atoms with E-state index in [1.165, 1.54) is 18.4 Å². The van der Waals surface area contributed by atoms with Gasteiger partial charge in [-0.3, -0.25) is 0 Å². The molecule has 1 N–H and O–H groups in total. The second-order valence-electron chi connectivity index (χ2n) is 3.38. The van der Waals surface area contributed by atoms with Gasteiger partial charge in [0.2, 0.25) is 0 Å². The fourth-order valence-corrected chi connectivity index (χ4v) is 1.26. The highest BCUT2D eigenvalue weighted by Gasteiger charge is 1.87. The number of benzene rings is 1. The summed E-state index contributed by atoms with van der Waals surface area (Å²) in [6.07, 6.45) is 6.85. The first kappa shape index (κ1) is 11.0. The lowest BCUT2D eigenvalue weighted by Crippen LogP contribution is -2.12. The molecule has 0 aromatic heterocycles. The number of unbranched alkanes of at least 4 members (excludes halogenated alkanes) is 1. The SMILES string of the molecule is CCC/C=C\CNCc1ccccc1. The molecule has 0 amide bonds. The van der Waals surface area contributed by atoms with Crippen molar-refractivity contribution in [3.63, 3.8) is 0 Å². The van der Waals surface area contributed by atoms with Gasteiger partial charge in [0.05, 0.1) is 0 Å². The van der Waals surface area contributed by atoms with Crippen molar-refractivity contribution >= 4 is 0 Å². The van der Waals surface area contributed by atoms with E-state index < -0.39 is 0 Å². The van der Waals surface area contributed by atoms with Crippen LogP contribution in [0.3, 0.4) is 0 Å². The highest BCUT2D eigenvalue weighted by Crippen LogP contribution is 1.96. The molecule has 0 atom stereocenters. The third kappa shape index (κ3) is 4.83. The maximum atomic E-state index is 3.37. The van der Waals surface area contributed by atoms with E-state index in [0.717, 1.165) is 13.1 Å². The standard InChI is InChI=1S/C13H19N/c1-2-3-4-8-11-14-12-13-9-6-5-7-10-13/h4-10,14H,2-3,11-12H2,1H3/b8-4-. The lowest BCUT2D eigenvalue weighted by atomic mass is 10.2. The first-order valence-corrected chi connectivity index (χ1v) is 5.33. The van der Waals surface area contributed by atoms with Crippen molar-refractivity contribution in [1.82, 2.24) is 5.32 Å². The summed E-state index contributed by atoms with van der Waals surface area (Å²) in [5, 5.41) is 3.37. The molecule has 0 aliphatic rings. The minimum absolute atomic E-state index is 0.956. The summed E-state index contributed by atoms with van der Waals surface area (Å²) < 4.78 is 0. The molecule has 0 saturated carbocycles. The van der Waals surface area contributed by atoms with Crippen molar-refractivity contribution in [3.05, 3.63) is 48.0 Å². The van der Waals surface area contributed by atoms with Gasteiger partial charge in [-0.2, -0.15) is 0 Å². The Morgan fingerprint density at radius 2 is 1.93 bits per heavy atom. The van der Waals surface area contributed by atoms with Crippen molar-refractivity contribution in [1.29, 1.82) is 0 Å². The molecular formula is C13H19N. The van der Waals surface area contributed by atoms with E-state index in [0.29, 0.717) is 0 Å². The summed E-state index contributed by atoms with van der Waals surface area (Å²) in [6, 6.07) is 10.5. The van der Waals surface area contributed by atoms with Crippen LogP contribution in [-0.2, 0) is 6.54 Å². The summed E-state index contributed by atoms with van der Waals surface area (Å²) in [5.74, 6) is 0. The molecular weight excluding hydrogens is 170 g/mol. The Bertz CT molecular complexity index is 251. The predicted octanol–water partition coefficient (Wildman–Crippen LogP) is 3.13. The molecule has 1 aromatic rings. The van der Waals surface area contributed by atoms with Gasteiger partial charge in [0, 0.05) is 13.1 Å². The third-order valence-electron chi connectivity index (χ3n) is 2.06. The summed E-state index contributed by atoms with van der Waals surface area (Å²) in [7, 11) is 0. The van der Waals surface area contributed by atoms with Crippen LogP contribution < -0.4 is 5.32 Å². The van der Waals surface area contributed by atoms with Gasteiger partial charge in [-0.25, -0.2) is 0 Å². The molecule has 1 nitrogen and oxygen atoms in total. The van der Waals surface area contributed by atoms with E-state index in [1.807, 2.05) is 6.07 Å². The number of nitrogens with one attached hydrogen (secondary N) is 1. The second-order valence-corrected chi connectivity index (χ2v) is 3.38. The molecule has 0 unspecified atom stereocenters. The summed E-state index contributed by atoms with van der Waals surface area (Å²) in [6.45, 7) is 4.12. The highest BCUT2D eigenvalue weighted by atomic mass is 14.8. The highest BCUT2D eigenvalue weighted by molar-refractivity contribution is 5.14. The summed E-state index contributed by atoms with van der Waals surface area (Å²) in [4.78, 5) is 0. The van der Waals surface area contributed by atoms with Crippen LogP contribution >= 0.6 is 0 Å². The van der Waals surface area contributed by atoms with Gasteiger partial charge in [0.15, 0.2) is 0 Å². The Balaban J connectivity index is 2.10. The minimum Gasteiger partial charge on any atom is -0.309 e. The second kappa shape index (κ2) is 7.34. The smallest absolute Gasteiger partial charge is 0.0208 e. The largest absolute Gasteiger partial charge is 0.309 e. The fraction of sp³-hybridized carbons (Fsp3) is 0.385. The van der Waals surface area contributed by atoms with Crippen molar-refractivity contribution in [2.45, 2.75) is 26.3 Å². The Morgan fingerprint density at radius 1 is 1.14 bits per heavy atom. The molecule has 1 rings (SSSR count). The lowest BCUT2D eigenvalue weighted by molar-refractivity contribution is 0.757. The van der Waals surface area contributed by atoms with Crippen molar-refractivity contribution in [2.75, 3.05) is 6.54 Å². The zero-order chi connectivity index (χ0) is 10.1. The van der Waals surface area contributed by atoms with Crippen molar-refractivity contribution in [3.8, 4) is 0 Å². The van der Waals surface area contributed by atoms with Gasteiger partial charge in [0.1, 0.15) is 0 Å². The maximum Gasteiger partial charge on any atom is 0.0208 e. The van der Waals surface area contributed by atoms with Crippen LogP contribution in [0.15, 0.2) is 42.5 Å². The van der Waals surface area contributed by atoms with Crippen LogP contribution in [0.2, 0.25) is 0 Å². The monoisotopic (exact) mass is 189 g/mol. The Labute approximate surface area is 86.8 Å². The number of hydrogen-bond acceptors (Lipinski definition) is 1. The van der Waals surface area contributed by atoms with E-state index in [1.54, 1.807) is 0 Å². The topological polar surface area (TPSA) is 12.0 Å². The molecule has 0 aliphatic carbocycles. The van der Waals surface area contributed by atoms with Gasteiger partial charge in [-0.15, -0.1) is 0 Å². The van der Waals surface area contributed by atoms with Gasteiger partial charge >= 0.3 is 0 Å². The van der Waals surface area contributed by atoms with E-state index >= 15 is 0 Å². The van der Waals surface area contributed by atoms with Gasteiger partial charge in [-0.05, 0) is 12.0 Å². The molecule has 0 radical (unpaired) electrons. The molecule has 14 heavy (non-hydrogen) atoms. The van der Waals surface area contributed by atoms with Crippen LogP contribution in [0.5, 0.6) is 0 Å². The van der Waals surface area contributed by atoms with E-state index in [9.17, 15) is 0 Å².